The molecule has 20 heavy (non-hydrogen) atoms. The SMILES string of the molecule is CC(Nc1ccccc1C(=O)N(C)C)c1cnccn1. The van der Waals surface area contributed by atoms with Gasteiger partial charge >= 0.3 is 0 Å². The second-order valence-electron chi connectivity index (χ2n) is 4.74. The molecule has 0 saturated heterocycles. The topological polar surface area (TPSA) is 58.1 Å². The summed E-state index contributed by atoms with van der Waals surface area (Å²) in [6.45, 7) is 1.99. The Bertz CT molecular complexity index is 583. The average Bonchev–Trinajstić information content (AvgIpc) is 2.48. The molecule has 5 heteroatoms. The van der Waals surface area contributed by atoms with Crippen LogP contribution in [0.25, 0.3) is 0 Å². The van der Waals surface area contributed by atoms with E-state index in [1.165, 1.54) is 0 Å². The summed E-state index contributed by atoms with van der Waals surface area (Å²) in [6, 6.07) is 7.44. The minimum atomic E-state index is -0.0283. The molecule has 1 aromatic carbocycles. The number of anilines is 1. The van der Waals surface area contributed by atoms with Gasteiger partial charge in [-0.15, -0.1) is 0 Å². The Balaban J connectivity index is 2.24. The summed E-state index contributed by atoms with van der Waals surface area (Å²) in [5.74, 6) is -0.0283. The highest BCUT2D eigenvalue weighted by atomic mass is 16.2. The third-order valence-corrected chi connectivity index (χ3v) is 2.96. The van der Waals surface area contributed by atoms with Crippen LogP contribution in [0, 0.1) is 0 Å². The van der Waals surface area contributed by atoms with Crippen LogP contribution in [-0.2, 0) is 0 Å². The number of hydrogen-bond acceptors (Lipinski definition) is 4. The molecular formula is C15H18N4O. The van der Waals surface area contributed by atoms with E-state index < -0.39 is 0 Å². The normalized spacial score (nSPS) is 11.8. The molecule has 1 amide bonds. The molecule has 0 fully saturated rings. The monoisotopic (exact) mass is 270 g/mol. The van der Waals surface area contributed by atoms with Crippen LogP contribution in [0.5, 0.6) is 0 Å². The van der Waals surface area contributed by atoms with Gasteiger partial charge in [-0.3, -0.25) is 14.8 Å². The maximum Gasteiger partial charge on any atom is 0.255 e. The minimum absolute atomic E-state index is 0.0280. The Labute approximate surface area is 118 Å². The molecule has 0 saturated carbocycles. The molecule has 1 N–H and O–H groups in total. The van der Waals surface area contributed by atoms with Gasteiger partial charge in [0.05, 0.1) is 23.5 Å². The number of hydrogen-bond donors (Lipinski definition) is 1. The zero-order chi connectivity index (χ0) is 14.5. The quantitative estimate of drug-likeness (QED) is 0.926. The van der Waals surface area contributed by atoms with Crippen molar-refractivity contribution in [3.8, 4) is 0 Å². The van der Waals surface area contributed by atoms with Crippen molar-refractivity contribution in [1.82, 2.24) is 14.9 Å². The van der Waals surface area contributed by atoms with Crippen molar-refractivity contribution in [2.45, 2.75) is 13.0 Å². The van der Waals surface area contributed by atoms with Crippen molar-refractivity contribution in [3.63, 3.8) is 0 Å². The number of amides is 1. The smallest absolute Gasteiger partial charge is 0.255 e. The lowest BCUT2D eigenvalue weighted by atomic mass is 10.1. The molecule has 0 bridgehead atoms. The standard InChI is InChI=1S/C15H18N4O/c1-11(14-10-16-8-9-17-14)18-13-7-5-4-6-12(13)15(20)19(2)3/h4-11,18H,1-3H3. The van der Waals surface area contributed by atoms with Crippen LogP contribution in [0.2, 0.25) is 0 Å². The van der Waals surface area contributed by atoms with Crippen molar-refractivity contribution in [2.75, 3.05) is 19.4 Å². The van der Waals surface area contributed by atoms with Crippen LogP contribution < -0.4 is 5.32 Å². The number of aromatic nitrogens is 2. The van der Waals surface area contributed by atoms with Gasteiger partial charge < -0.3 is 10.2 Å². The highest BCUT2D eigenvalue weighted by Crippen LogP contribution is 2.21. The molecule has 0 spiro atoms. The van der Waals surface area contributed by atoms with E-state index in [0.29, 0.717) is 5.56 Å². The Hall–Kier alpha value is -2.43. The summed E-state index contributed by atoms with van der Waals surface area (Å²) >= 11 is 0. The van der Waals surface area contributed by atoms with Gasteiger partial charge in [-0.1, -0.05) is 12.1 Å². The summed E-state index contributed by atoms with van der Waals surface area (Å²) in [7, 11) is 3.48. The highest BCUT2D eigenvalue weighted by molar-refractivity contribution is 5.99. The number of nitrogens with zero attached hydrogens (tertiary/aromatic N) is 3. The van der Waals surface area contributed by atoms with Crippen LogP contribution in [-0.4, -0.2) is 34.9 Å². The van der Waals surface area contributed by atoms with Crippen LogP contribution in [0.3, 0.4) is 0 Å². The molecule has 2 rings (SSSR count). The van der Waals surface area contributed by atoms with Gasteiger partial charge in [-0.25, -0.2) is 0 Å². The van der Waals surface area contributed by atoms with Gasteiger partial charge in [0.25, 0.3) is 5.91 Å². The first kappa shape index (κ1) is 14.0. The molecule has 1 atom stereocenters. The first-order chi connectivity index (χ1) is 9.59. The van der Waals surface area contributed by atoms with Crippen LogP contribution in [0.4, 0.5) is 5.69 Å². The zero-order valence-corrected chi connectivity index (χ0v) is 11.9. The zero-order valence-electron chi connectivity index (χ0n) is 11.9. The van der Waals surface area contributed by atoms with E-state index in [2.05, 4.69) is 15.3 Å². The lowest BCUT2D eigenvalue weighted by molar-refractivity contribution is 0.0828. The number of carbonyl (C=O) groups is 1. The molecule has 0 aliphatic heterocycles. The summed E-state index contributed by atoms with van der Waals surface area (Å²) in [5.41, 5.74) is 2.28. The van der Waals surface area contributed by atoms with Crippen molar-refractivity contribution in [3.05, 3.63) is 54.1 Å². The summed E-state index contributed by atoms with van der Waals surface area (Å²) in [6.07, 6.45) is 5.01. The van der Waals surface area contributed by atoms with Gasteiger partial charge in [0.15, 0.2) is 0 Å². The molecule has 2 aromatic rings. The van der Waals surface area contributed by atoms with Gasteiger partial charge in [0.2, 0.25) is 0 Å². The van der Waals surface area contributed by atoms with Gasteiger partial charge in [0.1, 0.15) is 0 Å². The fourth-order valence-electron chi connectivity index (χ4n) is 1.88. The van der Waals surface area contributed by atoms with Crippen molar-refractivity contribution in [1.29, 1.82) is 0 Å². The molecule has 0 aliphatic rings. The first-order valence-electron chi connectivity index (χ1n) is 6.42. The predicted octanol–water partition coefficient (Wildman–Crippen LogP) is 2.35. The molecule has 5 nitrogen and oxygen atoms in total. The second kappa shape index (κ2) is 6.14. The molecule has 104 valence electrons. The predicted molar refractivity (Wildman–Crippen MR) is 78.5 cm³/mol. The minimum Gasteiger partial charge on any atom is -0.376 e. The van der Waals surface area contributed by atoms with Crippen molar-refractivity contribution < 1.29 is 4.79 Å². The number of nitrogens with one attached hydrogen (secondary N) is 1. The Morgan fingerprint density at radius 1 is 1.25 bits per heavy atom. The van der Waals surface area contributed by atoms with E-state index in [1.54, 1.807) is 37.6 Å². The van der Waals surface area contributed by atoms with Gasteiger partial charge in [0, 0.05) is 32.2 Å². The van der Waals surface area contributed by atoms with E-state index in [-0.39, 0.29) is 11.9 Å². The number of para-hydroxylation sites is 1. The Morgan fingerprint density at radius 2 is 2.00 bits per heavy atom. The largest absolute Gasteiger partial charge is 0.376 e. The lowest BCUT2D eigenvalue weighted by Crippen LogP contribution is -2.23. The number of carbonyl (C=O) groups excluding carboxylic acids is 1. The third-order valence-electron chi connectivity index (χ3n) is 2.96. The molecule has 1 aromatic heterocycles. The van der Waals surface area contributed by atoms with Crippen molar-refractivity contribution in [2.24, 2.45) is 0 Å². The maximum absolute atomic E-state index is 12.1. The van der Waals surface area contributed by atoms with Crippen LogP contribution >= 0.6 is 0 Å². The van der Waals surface area contributed by atoms with E-state index in [9.17, 15) is 4.79 Å². The van der Waals surface area contributed by atoms with Crippen LogP contribution in [0.15, 0.2) is 42.9 Å². The van der Waals surface area contributed by atoms with Crippen molar-refractivity contribution >= 4 is 11.6 Å². The number of rotatable bonds is 4. The summed E-state index contributed by atoms with van der Waals surface area (Å²) in [5, 5.41) is 3.31. The number of benzene rings is 1. The summed E-state index contributed by atoms with van der Waals surface area (Å²) < 4.78 is 0. The Kier molecular flexibility index (Phi) is 4.30. The van der Waals surface area contributed by atoms with E-state index in [1.807, 2.05) is 31.2 Å². The maximum atomic E-state index is 12.1. The molecule has 0 radical (unpaired) electrons. The molecular weight excluding hydrogens is 252 g/mol. The second-order valence-corrected chi connectivity index (χ2v) is 4.74. The van der Waals surface area contributed by atoms with Crippen LogP contribution in [0.1, 0.15) is 29.0 Å². The highest BCUT2D eigenvalue weighted by Gasteiger charge is 2.15. The van der Waals surface area contributed by atoms with E-state index in [4.69, 9.17) is 0 Å². The van der Waals surface area contributed by atoms with Gasteiger partial charge in [-0.05, 0) is 19.1 Å². The molecule has 0 aliphatic carbocycles. The lowest BCUT2D eigenvalue weighted by Gasteiger charge is -2.18. The average molecular weight is 270 g/mol. The van der Waals surface area contributed by atoms with E-state index in [0.717, 1.165) is 11.4 Å². The van der Waals surface area contributed by atoms with Gasteiger partial charge in [-0.2, -0.15) is 0 Å². The summed E-state index contributed by atoms with van der Waals surface area (Å²) in [4.78, 5) is 22.0. The fraction of sp³-hybridized carbons (Fsp3) is 0.267. The molecule has 1 unspecified atom stereocenters. The Morgan fingerprint density at radius 3 is 2.65 bits per heavy atom. The third kappa shape index (κ3) is 3.12. The molecule has 1 heterocycles. The fourth-order valence-corrected chi connectivity index (χ4v) is 1.88. The first-order valence-corrected chi connectivity index (χ1v) is 6.42. The van der Waals surface area contributed by atoms with E-state index >= 15 is 0 Å².